The minimum absolute atomic E-state index is 0.225. The van der Waals surface area contributed by atoms with Gasteiger partial charge in [0.05, 0.1) is 11.6 Å². The standard InChI is InChI=1S/C10H9N3O4/c14-7-2-1-5(9(15)13-7)6-3-4-11-8(12-6)10(16)17/h3-5H,1-2H2,(H,16,17)(H,13,14,15). The number of carbonyl (C=O) groups excluding carboxylic acids is 2. The predicted molar refractivity (Wildman–Crippen MR) is 54.1 cm³/mol. The van der Waals surface area contributed by atoms with E-state index < -0.39 is 17.8 Å². The second kappa shape index (κ2) is 4.28. The van der Waals surface area contributed by atoms with Gasteiger partial charge in [0, 0.05) is 12.6 Å². The lowest BCUT2D eigenvalue weighted by Crippen LogP contribution is -2.39. The number of rotatable bonds is 2. The summed E-state index contributed by atoms with van der Waals surface area (Å²) < 4.78 is 0. The molecule has 0 aromatic carbocycles. The topological polar surface area (TPSA) is 109 Å². The first-order valence-corrected chi connectivity index (χ1v) is 4.98. The Labute approximate surface area is 95.9 Å². The van der Waals surface area contributed by atoms with Gasteiger partial charge in [-0.25, -0.2) is 14.8 Å². The fraction of sp³-hybridized carbons (Fsp3) is 0.300. The van der Waals surface area contributed by atoms with Crippen LogP contribution < -0.4 is 5.32 Å². The number of nitrogens with zero attached hydrogens (tertiary/aromatic N) is 2. The summed E-state index contributed by atoms with van der Waals surface area (Å²) in [6, 6.07) is 1.48. The molecule has 0 saturated carbocycles. The number of amides is 2. The van der Waals surface area contributed by atoms with Crippen LogP contribution in [0.1, 0.15) is 35.1 Å². The molecule has 7 nitrogen and oxygen atoms in total. The Balaban J connectivity index is 2.28. The molecule has 1 aromatic rings. The van der Waals surface area contributed by atoms with Crippen LogP contribution in [0.5, 0.6) is 0 Å². The Kier molecular flexibility index (Phi) is 2.82. The van der Waals surface area contributed by atoms with Crippen molar-refractivity contribution in [2.45, 2.75) is 18.8 Å². The van der Waals surface area contributed by atoms with Crippen LogP contribution in [0.25, 0.3) is 0 Å². The van der Waals surface area contributed by atoms with Gasteiger partial charge in [-0.3, -0.25) is 14.9 Å². The highest BCUT2D eigenvalue weighted by atomic mass is 16.4. The Hall–Kier alpha value is -2.31. The van der Waals surface area contributed by atoms with Crippen molar-refractivity contribution in [3.05, 3.63) is 23.8 Å². The lowest BCUT2D eigenvalue weighted by Gasteiger charge is -2.19. The number of carboxylic acids is 1. The fourth-order valence-electron chi connectivity index (χ4n) is 1.65. The molecule has 1 aromatic heterocycles. The van der Waals surface area contributed by atoms with Gasteiger partial charge in [-0.1, -0.05) is 0 Å². The molecule has 0 bridgehead atoms. The summed E-state index contributed by atoms with van der Waals surface area (Å²) in [6.07, 6.45) is 1.85. The van der Waals surface area contributed by atoms with Crippen molar-refractivity contribution in [1.82, 2.24) is 15.3 Å². The molecular formula is C10H9N3O4. The van der Waals surface area contributed by atoms with Gasteiger partial charge in [0.15, 0.2) is 0 Å². The Morgan fingerprint density at radius 2 is 2.24 bits per heavy atom. The van der Waals surface area contributed by atoms with Crippen molar-refractivity contribution in [3.63, 3.8) is 0 Å². The number of aromatic nitrogens is 2. The average Bonchev–Trinajstić information content (AvgIpc) is 2.29. The van der Waals surface area contributed by atoms with E-state index in [9.17, 15) is 14.4 Å². The third-order valence-electron chi connectivity index (χ3n) is 2.46. The van der Waals surface area contributed by atoms with E-state index in [-0.39, 0.29) is 18.2 Å². The zero-order chi connectivity index (χ0) is 12.4. The van der Waals surface area contributed by atoms with Crippen LogP contribution in [-0.4, -0.2) is 32.9 Å². The van der Waals surface area contributed by atoms with Crippen molar-refractivity contribution in [1.29, 1.82) is 0 Å². The molecular weight excluding hydrogens is 226 g/mol. The maximum atomic E-state index is 11.5. The summed E-state index contributed by atoms with van der Waals surface area (Å²) in [5.74, 6) is -2.96. The van der Waals surface area contributed by atoms with E-state index in [2.05, 4.69) is 15.3 Å². The van der Waals surface area contributed by atoms with Gasteiger partial charge in [0.25, 0.3) is 0 Å². The average molecular weight is 235 g/mol. The Morgan fingerprint density at radius 1 is 1.47 bits per heavy atom. The van der Waals surface area contributed by atoms with Crippen LogP contribution in [-0.2, 0) is 9.59 Å². The molecule has 17 heavy (non-hydrogen) atoms. The summed E-state index contributed by atoms with van der Waals surface area (Å²) in [5.41, 5.74) is 0.322. The molecule has 1 unspecified atom stereocenters. The second-order valence-corrected chi connectivity index (χ2v) is 3.61. The van der Waals surface area contributed by atoms with Gasteiger partial charge < -0.3 is 5.11 Å². The normalized spacial score (nSPS) is 19.9. The molecule has 1 aliphatic rings. The van der Waals surface area contributed by atoms with E-state index in [0.29, 0.717) is 12.1 Å². The molecule has 1 aliphatic heterocycles. The lowest BCUT2D eigenvalue weighted by atomic mass is 9.94. The Morgan fingerprint density at radius 3 is 2.88 bits per heavy atom. The number of hydrogen-bond acceptors (Lipinski definition) is 5. The third-order valence-corrected chi connectivity index (χ3v) is 2.46. The smallest absolute Gasteiger partial charge is 0.373 e. The number of nitrogens with one attached hydrogen (secondary N) is 1. The van der Waals surface area contributed by atoms with E-state index in [0.717, 1.165) is 0 Å². The van der Waals surface area contributed by atoms with Gasteiger partial charge in [-0.05, 0) is 12.5 Å². The van der Waals surface area contributed by atoms with Crippen LogP contribution in [0.2, 0.25) is 0 Å². The molecule has 1 saturated heterocycles. The maximum absolute atomic E-state index is 11.5. The van der Waals surface area contributed by atoms with Crippen molar-refractivity contribution in [3.8, 4) is 0 Å². The van der Waals surface area contributed by atoms with Crippen LogP contribution in [0.3, 0.4) is 0 Å². The fourth-order valence-corrected chi connectivity index (χ4v) is 1.65. The van der Waals surface area contributed by atoms with Crippen LogP contribution in [0, 0.1) is 0 Å². The monoisotopic (exact) mass is 235 g/mol. The van der Waals surface area contributed by atoms with E-state index in [1.807, 2.05) is 0 Å². The molecule has 7 heteroatoms. The largest absolute Gasteiger partial charge is 0.475 e. The van der Waals surface area contributed by atoms with E-state index in [4.69, 9.17) is 5.11 Å². The molecule has 1 atom stereocenters. The summed E-state index contributed by atoms with van der Waals surface area (Å²) >= 11 is 0. The second-order valence-electron chi connectivity index (χ2n) is 3.61. The van der Waals surface area contributed by atoms with Crippen LogP contribution in [0.15, 0.2) is 12.3 Å². The van der Waals surface area contributed by atoms with Gasteiger partial charge >= 0.3 is 5.97 Å². The molecule has 0 aliphatic carbocycles. The van der Waals surface area contributed by atoms with E-state index in [1.165, 1.54) is 12.3 Å². The molecule has 2 heterocycles. The summed E-state index contributed by atoms with van der Waals surface area (Å²) in [5, 5.41) is 10.9. The zero-order valence-corrected chi connectivity index (χ0v) is 8.71. The third kappa shape index (κ3) is 2.27. The number of piperidine rings is 1. The number of carboxylic acid groups (broad SMARTS) is 1. The molecule has 0 radical (unpaired) electrons. The molecule has 0 spiro atoms. The van der Waals surface area contributed by atoms with Gasteiger partial charge in [0.2, 0.25) is 17.6 Å². The number of hydrogen-bond donors (Lipinski definition) is 2. The van der Waals surface area contributed by atoms with E-state index in [1.54, 1.807) is 0 Å². The number of aromatic carboxylic acids is 1. The first-order chi connectivity index (χ1) is 8.08. The maximum Gasteiger partial charge on any atom is 0.373 e. The summed E-state index contributed by atoms with van der Waals surface area (Å²) in [7, 11) is 0. The van der Waals surface area contributed by atoms with Crippen LogP contribution in [0.4, 0.5) is 0 Å². The van der Waals surface area contributed by atoms with E-state index >= 15 is 0 Å². The molecule has 2 amide bonds. The minimum atomic E-state index is -1.25. The summed E-state index contributed by atoms with van der Waals surface area (Å²) in [6.45, 7) is 0. The van der Waals surface area contributed by atoms with Crippen LogP contribution >= 0.6 is 0 Å². The van der Waals surface area contributed by atoms with Gasteiger partial charge in [0.1, 0.15) is 0 Å². The molecule has 2 rings (SSSR count). The molecule has 2 N–H and O–H groups in total. The molecule has 88 valence electrons. The SMILES string of the molecule is O=C1CCC(c2ccnc(C(=O)O)n2)C(=O)N1. The van der Waals surface area contributed by atoms with Gasteiger partial charge in [-0.15, -0.1) is 0 Å². The van der Waals surface area contributed by atoms with Gasteiger partial charge in [-0.2, -0.15) is 0 Å². The summed E-state index contributed by atoms with van der Waals surface area (Å²) in [4.78, 5) is 40.6. The van der Waals surface area contributed by atoms with Crippen molar-refractivity contribution in [2.75, 3.05) is 0 Å². The van der Waals surface area contributed by atoms with Crippen molar-refractivity contribution >= 4 is 17.8 Å². The van der Waals surface area contributed by atoms with Crippen molar-refractivity contribution in [2.24, 2.45) is 0 Å². The first-order valence-electron chi connectivity index (χ1n) is 4.98. The highest BCUT2D eigenvalue weighted by Crippen LogP contribution is 2.22. The zero-order valence-electron chi connectivity index (χ0n) is 8.71. The number of imide groups is 1. The van der Waals surface area contributed by atoms with Crippen molar-refractivity contribution < 1.29 is 19.5 Å². The quantitative estimate of drug-likeness (QED) is 0.681. The highest BCUT2D eigenvalue weighted by molar-refractivity contribution is 6.00. The first kappa shape index (κ1) is 11.2. The predicted octanol–water partition coefficient (Wildman–Crippen LogP) is -0.305. The molecule has 1 fully saturated rings. The highest BCUT2D eigenvalue weighted by Gasteiger charge is 2.29. The minimum Gasteiger partial charge on any atom is -0.475 e. The number of carbonyl (C=O) groups is 3. The lowest BCUT2D eigenvalue weighted by molar-refractivity contribution is -0.134. The Bertz CT molecular complexity index is 500.